The van der Waals surface area contributed by atoms with Crippen LogP contribution >= 0.6 is 11.8 Å². The number of hydrogen-bond acceptors (Lipinski definition) is 4. The van der Waals surface area contributed by atoms with Gasteiger partial charge in [-0.1, -0.05) is 0 Å². The van der Waals surface area contributed by atoms with E-state index in [0.717, 1.165) is 17.7 Å². The van der Waals surface area contributed by atoms with Crippen LogP contribution in [0.5, 0.6) is 5.75 Å². The molecule has 2 rings (SSSR count). The minimum atomic E-state index is -0.136. The smallest absolute Gasteiger partial charge is 0.233 e. The fourth-order valence-electron chi connectivity index (χ4n) is 1.57. The van der Waals surface area contributed by atoms with Crippen LogP contribution < -0.4 is 15.8 Å². The zero-order chi connectivity index (χ0) is 13.1. The molecule has 5 heteroatoms. The second kappa shape index (κ2) is 5.52. The molecule has 1 saturated carbocycles. The number of nitrogens with two attached hydrogens (primary N) is 1. The number of anilines is 1. The van der Waals surface area contributed by atoms with Crippen LogP contribution in [0.4, 0.5) is 5.69 Å². The third-order valence-corrected chi connectivity index (χ3v) is 3.94. The number of rotatable bonds is 5. The number of thioether (sulfide) groups is 1. The number of carbonyl (C=O) groups is 1. The summed E-state index contributed by atoms with van der Waals surface area (Å²) >= 11 is 1.49. The minimum Gasteiger partial charge on any atom is -0.496 e. The van der Waals surface area contributed by atoms with Gasteiger partial charge >= 0.3 is 0 Å². The number of methoxy groups -OCH3 is 1. The van der Waals surface area contributed by atoms with E-state index in [0.29, 0.717) is 17.5 Å². The number of amides is 1. The summed E-state index contributed by atoms with van der Waals surface area (Å²) in [6.07, 6.45) is 2.21. The van der Waals surface area contributed by atoms with Crippen molar-refractivity contribution in [2.75, 3.05) is 12.8 Å². The summed E-state index contributed by atoms with van der Waals surface area (Å²) < 4.78 is 5.27. The Labute approximate surface area is 111 Å². The SMILES string of the molecule is COc1cc(N)ccc1SC(C)C(=O)NC1CC1. The molecule has 1 fully saturated rings. The summed E-state index contributed by atoms with van der Waals surface area (Å²) in [7, 11) is 1.60. The Morgan fingerprint density at radius 2 is 2.28 bits per heavy atom. The van der Waals surface area contributed by atoms with Crippen molar-refractivity contribution in [2.24, 2.45) is 0 Å². The van der Waals surface area contributed by atoms with Crippen LogP contribution in [0.15, 0.2) is 23.1 Å². The van der Waals surface area contributed by atoms with E-state index in [9.17, 15) is 4.79 Å². The fraction of sp³-hybridized carbons (Fsp3) is 0.462. The maximum absolute atomic E-state index is 11.9. The zero-order valence-electron chi connectivity index (χ0n) is 10.6. The Balaban J connectivity index is 2.00. The van der Waals surface area contributed by atoms with Crippen LogP contribution in [0, 0.1) is 0 Å². The third kappa shape index (κ3) is 3.32. The summed E-state index contributed by atoms with van der Waals surface area (Å²) in [5.74, 6) is 0.799. The van der Waals surface area contributed by atoms with Gasteiger partial charge in [-0.05, 0) is 31.9 Å². The maximum Gasteiger partial charge on any atom is 0.233 e. The van der Waals surface area contributed by atoms with Gasteiger partial charge in [0.05, 0.1) is 17.3 Å². The number of nitrogens with one attached hydrogen (secondary N) is 1. The highest BCUT2D eigenvalue weighted by Gasteiger charge is 2.26. The second-order valence-corrected chi connectivity index (χ2v) is 5.84. The van der Waals surface area contributed by atoms with Crippen molar-refractivity contribution < 1.29 is 9.53 Å². The minimum absolute atomic E-state index is 0.0846. The first-order chi connectivity index (χ1) is 8.60. The highest BCUT2D eigenvalue weighted by Crippen LogP contribution is 2.34. The van der Waals surface area contributed by atoms with Crippen molar-refractivity contribution in [1.29, 1.82) is 0 Å². The Kier molecular flexibility index (Phi) is 4.01. The molecule has 1 aromatic rings. The molecule has 1 atom stereocenters. The van der Waals surface area contributed by atoms with Gasteiger partial charge in [-0.2, -0.15) is 0 Å². The molecular formula is C13H18N2O2S. The maximum atomic E-state index is 11.9. The molecule has 4 nitrogen and oxygen atoms in total. The summed E-state index contributed by atoms with van der Waals surface area (Å²) in [4.78, 5) is 12.8. The molecule has 18 heavy (non-hydrogen) atoms. The lowest BCUT2D eigenvalue weighted by molar-refractivity contribution is -0.120. The lowest BCUT2D eigenvalue weighted by atomic mass is 10.3. The monoisotopic (exact) mass is 266 g/mol. The summed E-state index contributed by atoms with van der Waals surface area (Å²) in [6, 6.07) is 5.87. The van der Waals surface area contributed by atoms with Gasteiger partial charge in [0.15, 0.2) is 0 Å². The van der Waals surface area contributed by atoms with Crippen molar-refractivity contribution in [2.45, 2.75) is 36.0 Å². The van der Waals surface area contributed by atoms with E-state index >= 15 is 0 Å². The number of ether oxygens (including phenoxy) is 1. The molecule has 0 aliphatic heterocycles. The van der Waals surface area contributed by atoms with Crippen LogP contribution in [-0.4, -0.2) is 24.3 Å². The predicted octanol–water partition coefficient (Wildman–Crippen LogP) is 2.04. The topological polar surface area (TPSA) is 64.3 Å². The van der Waals surface area contributed by atoms with Crippen molar-refractivity contribution in [3.8, 4) is 5.75 Å². The molecule has 1 amide bonds. The van der Waals surface area contributed by atoms with Crippen molar-refractivity contribution in [3.63, 3.8) is 0 Å². The molecule has 98 valence electrons. The number of hydrogen-bond donors (Lipinski definition) is 2. The lowest BCUT2D eigenvalue weighted by Crippen LogP contribution is -2.32. The van der Waals surface area contributed by atoms with E-state index in [4.69, 9.17) is 10.5 Å². The van der Waals surface area contributed by atoms with E-state index in [-0.39, 0.29) is 11.2 Å². The first-order valence-electron chi connectivity index (χ1n) is 6.00. The quantitative estimate of drug-likeness (QED) is 0.632. The number of carbonyl (C=O) groups excluding carboxylic acids is 1. The van der Waals surface area contributed by atoms with Crippen molar-refractivity contribution in [3.05, 3.63) is 18.2 Å². The molecule has 1 aliphatic carbocycles. The van der Waals surface area contributed by atoms with Gasteiger partial charge in [0.2, 0.25) is 5.91 Å². The van der Waals surface area contributed by atoms with E-state index in [1.807, 2.05) is 19.1 Å². The molecule has 0 saturated heterocycles. The molecule has 3 N–H and O–H groups in total. The van der Waals surface area contributed by atoms with Gasteiger partial charge in [-0.3, -0.25) is 4.79 Å². The van der Waals surface area contributed by atoms with Crippen LogP contribution in [0.2, 0.25) is 0 Å². The molecule has 0 heterocycles. The van der Waals surface area contributed by atoms with Crippen molar-refractivity contribution in [1.82, 2.24) is 5.32 Å². The highest BCUT2D eigenvalue weighted by molar-refractivity contribution is 8.00. The largest absolute Gasteiger partial charge is 0.496 e. The van der Waals surface area contributed by atoms with Gasteiger partial charge in [0.1, 0.15) is 5.75 Å². The normalized spacial score (nSPS) is 16.1. The second-order valence-electron chi connectivity index (χ2n) is 4.45. The Hall–Kier alpha value is -1.36. The standard InChI is InChI=1S/C13H18N2O2S/c1-8(13(16)15-10-4-5-10)18-12-6-3-9(14)7-11(12)17-2/h3,6-8,10H,4-5,14H2,1-2H3,(H,15,16). The van der Waals surface area contributed by atoms with Crippen LogP contribution in [0.3, 0.4) is 0 Å². The van der Waals surface area contributed by atoms with Crippen LogP contribution in [-0.2, 0) is 4.79 Å². The molecule has 0 radical (unpaired) electrons. The molecular weight excluding hydrogens is 248 g/mol. The van der Waals surface area contributed by atoms with Crippen LogP contribution in [0.25, 0.3) is 0 Å². The number of benzene rings is 1. The van der Waals surface area contributed by atoms with Gasteiger partial charge in [0.25, 0.3) is 0 Å². The third-order valence-electron chi connectivity index (χ3n) is 2.78. The molecule has 0 aromatic heterocycles. The van der Waals surface area contributed by atoms with Gasteiger partial charge < -0.3 is 15.8 Å². The van der Waals surface area contributed by atoms with E-state index < -0.39 is 0 Å². The average molecular weight is 266 g/mol. The molecule has 1 unspecified atom stereocenters. The Morgan fingerprint density at radius 3 is 2.89 bits per heavy atom. The number of nitrogen functional groups attached to an aromatic ring is 1. The summed E-state index contributed by atoms with van der Waals surface area (Å²) in [5.41, 5.74) is 6.36. The average Bonchev–Trinajstić information content (AvgIpc) is 3.15. The first kappa shape index (κ1) is 13.1. The summed E-state index contributed by atoms with van der Waals surface area (Å²) in [6.45, 7) is 1.90. The van der Waals surface area contributed by atoms with Gasteiger partial charge in [-0.25, -0.2) is 0 Å². The summed E-state index contributed by atoms with van der Waals surface area (Å²) in [5, 5.41) is 2.86. The lowest BCUT2D eigenvalue weighted by Gasteiger charge is -2.14. The fourth-order valence-corrected chi connectivity index (χ4v) is 2.53. The molecule has 1 aromatic carbocycles. The Morgan fingerprint density at radius 1 is 1.56 bits per heavy atom. The van der Waals surface area contributed by atoms with E-state index in [1.54, 1.807) is 13.2 Å². The molecule has 0 spiro atoms. The van der Waals surface area contributed by atoms with E-state index in [1.165, 1.54) is 11.8 Å². The van der Waals surface area contributed by atoms with Gasteiger partial charge in [0, 0.05) is 17.8 Å². The van der Waals surface area contributed by atoms with Gasteiger partial charge in [-0.15, -0.1) is 11.8 Å². The molecule has 1 aliphatic rings. The van der Waals surface area contributed by atoms with E-state index in [2.05, 4.69) is 5.32 Å². The zero-order valence-corrected chi connectivity index (χ0v) is 11.4. The first-order valence-corrected chi connectivity index (χ1v) is 6.88. The predicted molar refractivity (Wildman–Crippen MR) is 73.9 cm³/mol. The Bertz CT molecular complexity index is 447. The highest BCUT2D eigenvalue weighted by atomic mass is 32.2. The molecule has 0 bridgehead atoms. The van der Waals surface area contributed by atoms with Crippen LogP contribution in [0.1, 0.15) is 19.8 Å². The van der Waals surface area contributed by atoms with Crippen molar-refractivity contribution >= 4 is 23.4 Å².